The number of imide groups is 1. The Morgan fingerprint density at radius 3 is 2.42 bits per heavy atom. The first-order valence-corrected chi connectivity index (χ1v) is 4.14. The van der Waals surface area contributed by atoms with Crippen LogP contribution in [0.1, 0.15) is 13.3 Å². The molecule has 1 aliphatic carbocycles. The number of carbonyl (C=O) groups is 2. The number of fused-ring (bicyclic) bond motifs is 1. The minimum Gasteiger partial charge on any atom is -0.392 e. The second-order valence-electron chi connectivity index (χ2n) is 3.58. The van der Waals surface area contributed by atoms with Crippen LogP contribution in [-0.4, -0.2) is 34.5 Å². The quantitative estimate of drug-likeness (QED) is 0.560. The van der Waals surface area contributed by atoms with Gasteiger partial charge in [0.25, 0.3) is 0 Å². The molecule has 4 heteroatoms. The van der Waals surface area contributed by atoms with Crippen molar-refractivity contribution in [1.82, 2.24) is 4.90 Å². The van der Waals surface area contributed by atoms with Crippen LogP contribution in [0.2, 0.25) is 0 Å². The molecule has 2 aliphatic rings. The standard InChI is InChI=1S/C8H11NO3/c1-4(10)3-9-7(11)5-2-6(5)8(9)12/h4-6,10H,2-3H2,1H3/t4-,5?,6?/m1/s1. The Bertz CT molecular complexity index is 229. The van der Waals surface area contributed by atoms with E-state index in [9.17, 15) is 9.59 Å². The Morgan fingerprint density at radius 1 is 1.50 bits per heavy atom. The minimum atomic E-state index is -0.615. The summed E-state index contributed by atoms with van der Waals surface area (Å²) in [4.78, 5) is 23.8. The van der Waals surface area contributed by atoms with Crippen LogP contribution in [0.4, 0.5) is 0 Å². The minimum absolute atomic E-state index is 0.0451. The summed E-state index contributed by atoms with van der Waals surface area (Å²) in [5.74, 6) is -0.274. The van der Waals surface area contributed by atoms with Crippen LogP contribution in [-0.2, 0) is 9.59 Å². The highest BCUT2D eigenvalue weighted by Crippen LogP contribution is 2.46. The number of nitrogens with zero attached hydrogens (tertiary/aromatic N) is 1. The van der Waals surface area contributed by atoms with Gasteiger partial charge in [0.05, 0.1) is 24.5 Å². The normalized spacial score (nSPS) is 35.3. The number of aliphatic hydroxyl groups excluding tert-OH is 1. The van der Waals surface area contributed by atoms with Gasteiger partial charge in [0.1, 0.15) is 0 Å². The molecule has 3 atom stereocenters. The van der Waals surface area contributed by atoms with Crippen molar-refractivity contribution in [2.45, 2.75) is 19.4 Å². The zero-order valence-corrected chi connectivity index (χ0v) is 6.86. The predicted octanol–water partition coefficient (Wildman–Crippen LogP) is -0.628. The van der Waals surface area contributed by atoms with Gasteiger partial charge in [-0.1, -0.05) is 0 Å². The highest BCUT2D eigenvalue weighted by atomic mass is 16.3. The smallest absolute Gasteiger partial charge is 0.233 e. The SMILES string of the molecule is C[C@@H](O)CN1C(=O)C2CC2C1=O. The van der Waals surface area contributed by atoms with Crippen LogP contribution in [0.5, 0.6) is 0 Å². The van der Waals surface area contributed by atoms with Crippen molar-refractivity contribution in [2.75, 3.05) is 6.54 Å². The summed E-state index contributed by atoms with van der Waals surface area (Å²) in [5, 5.41) is 9.00. The van der Waals surface area contributed by atoms with Crippen molar-refractivity contribution in [3.8, 4) is 0 Å². The average Bonchev–Trinajstić information content (AvgIpc) is 2.71. The predicted molar refractivity (Wildman–Crippen MR) is 40.0 cm³/mol. The third-order valence-corrected chi connectivity index (χ3v) is 2.40. The Morgan fingerprint density at radius 2 is 2.00 bits per heavy atom. The summed E-state index contributed by atoms with van der Waals surface area (Å²) in [5.41, 5.74) is 0. The Kier molecular flexibility index (Phi) is 1.48. The number of amides is 2. The molecule has 0 bridgehead atoms. The molecule has 66 valence electrons. The van der Waals surface area contributed by atoms with Crippen LogP contribution in [0.15, 0.2) is 0 Å². The molecule has 2 fully saturated rings. The van der Waals surface area contributed by atoms with E-state index in [2.05, 4.69) is 0 Å². The third kappa shape index (κ3) is 0.948. The molecule has 2 unspecified atom stereocenters. The summed E-state index contributed by atoms with van der Waals surface area (Å²) >= 11 is 0. The van der Waals surface area contributed by atoms with Crippen LogP contribution < -0.4 is 0 Å². The van der Waals surface area contributed by atoms with Crippen molar-refractivity contribution in [3.05, 3.63) is 0 Å². The highest BCUT2D eigenvalue weighted by molar-refractivity contribution is 6.08. The molecule has 0 spiro atoms. The van der Waals surface area contributed by atoms with Crippen molar-refractivity contribution < 1.29 is 14.7 Å². The van der Waals surface area contributed by atoms with Crippen LogP contribution >= 0.6 is 0 Å². The van der Waals surface area contributed by atoms with Gasteiger partial charge in [-0.05, 0) is 13.3 Å². The third-order valence-electron chi connectivity index (χ3n) is 2.40. The first-order valence-electron chi connectivity index (χ1n) is 4.14. The number of β-amino-alcohol motifs (C(OH)–C–C–N with tert-alkyl or cyclic N) is 1. The number of hydrogen-bond donors (Lipinski definition) is 1. The van der Waals surface area contributed by atoms with E-state index >= 15 is 0 Å². The monoisotopic (exact) mass is 169 g/mol. The van der Waals surface area contributed by atoms with Crippen LogP contribution in [0.3, 0.4) is 0 Å². The van der Waals surface area contributed by atoms with Gasteiger partial charge in [0, 0.05) is 0 Å². The Hall–Kier alpha value is -0.900. The lowest BCUT2D eigenvalue weighted by Gasteiger charge is -2.17. The summed E-state index contributed by atoms with van der Waals surface area (Å²) in [7, 11) is 0. The molecule has 1 saturated carbocycles. The molecule has 0 aromatic heterocycles. The van der Waals surface area contributed by atoms with Gasteiger partial charge in [0.2, 0.25) is 11.8 Å². The maximum atomic E-state index is 11.3. The second kappa shape index (κ2) is 2.29. The molecular formula is C8H11NO3. The van der Waals surface area contributed by atoms with E-state index in [1.807, 2.05) is 0 Å². The maximum absolute atomic E-state index is 11.3. The summed E-state index contributed by atoms with van der Waals surface area (Å²) in [6.07, 6.45) is 0.115. The van der Waals surface area contributed by atoms with Crippen molar-refractivity contribution in [1.29, 1.82) is 0 Å². The Labute approximate surface area is 70.2 Å². The molecule has 1 aliphatic heterocycles. The van der Waals surface area contributed by atoms with E-state index in [0.717, 1.165) is 6.42 Å². The zero-order chi connectivity index (χ0) is 8.88. The van der Waals surface area contributed by atoms with E-state index in [-0.39, 0.29) is 30.2 Å². The molecule has 1 saturated heterocycles. The van der Waals surface area contributed by atoms with E-state index in [0.29, 0.717) is 0 Å². The van der Waals surface area contributed by atoms with Gasteiger partial charge < -0.3 is 5.11 Å². The van der Waals surface area contributed by atoms with Crippen LogP contribution in [0.25, 0.3) is 0 Å². The number of piperidine rings is 1. The van der Waals surface area contributed by atoms with E-state index in [1.54, 1.807) is 6.92 Å². The van der Waals surface area contributed by atoms with Crippen LogP contribution in [0, 0.1) is 11.8 Å². The molecule has 0 radical (unpaired) electrons. The molecule has 1 N–H and O–H groups in total. The molecule has 1 heterocycles. The van der Waals surface area contributed by atoms with Crippen molar-refractivity contribution in [2.24, 2.45) is 11.8 Å². The number of carbonyl (C=O) groups excluding carboxylic acids is 2. The molecule has 12 heavy (non-hydrogen) atoms. The first kappa shape index (κ1) is 7.73. The topological polar surface area (TPSA) is 57.6 Å². The molecule has 0 aromatic rings. The van der Waals surface area contributed by atoms with Gasteiger partial charge >= 0.3 is 0 Å². The van der Waals surface area contributed by atoms with Gasteiger partial charge in [-0.25, -0.2) is 0 Å². The second-order valence-corrected chi connectivity index (χ2v) is 3.58. The fourth-order valence-corrected chi connectivity index (χ4v) is 1.69. The zero-order valence-electron chi connectivity index (χ0n) is 6.86. The fraction of sp³-hybridized carbons (Fsp3) is 0.750. The molecule has 0 aromatic carbocycles. The summed E-state index contributed by atoms with van der Waals surface area (Å²) < 4.78 is 0. The molecule has 4 nitrogen and oxygen atoms in total. The molecular weight excluding hydrogens is 158 g/mol. The van der Waals surface area contributed by atoms with Gasteiger partial charge in [-0.15, -0.1) is 0 Å². The molecule has 2 rings (SSSR count). The highest BCUT2D eigenvalue weighted by Gasteiger charge is 2.58. The van der Waals surface area contributed by atoms with E-state index in [1.165, 1.54) is 4.90 Å². The largest absolute Gasteiger partial charge is 0.392 e. The Balaban J connectivity index is 2.07. The van der Waals surface area contributed by atoms with Crippen molar-refractivity contribution >= 4 is 11.8 Å². The average molecular weight is 169 g/mol. The molecule has 2 amide bonds. The number of aliphatic hydroxyl groups is 1. The number of likely N-dealkylation sites (tertiary alicyclic amines) is 1. The van der Waals surface area contributed by atoms with E-state index in [4.69, 9.17) is 5.11 Å². The van der Waals surface area contributed by atoms with E-state index < -0.39 is 6.10 Å². The number of hydrogen-bond acceptors (Lipinski definition) is 3. The van der Waals surface area contributed by atoms with Gasteiger partial charge in [0.15, 0.2) is 0 Å². The maximum Gasteiger partial charge on any atom is 0.233 e. The lowest BCUT2D eigenvalue weighted by molar-refractivity contribution is -0.142. The summed E-state index contributed by atoms with van der Waals surface area (Å²) in [6.45, 7) is 1.73. The number of rotatable bonds is 2. The van der Waals surface area contributed by atoms with Gasteiger partial charge in [-0.3, -0.25) is 14.5 Å². The fourth-order valence-electron chi connectivity index (χ4n) is 1.69. The van der Waals surface area contributed by atoms with Crippen molar-refractivity contribution in [3.63, 3.8) is 0 Å². The summed E-state index contributed by atoms with van der Waals surface area (Å²) in [6, 6.07) is 0. The van der Waals surface area contributed by atoms with Gasteiger partial charge in [-0.2, -0.15) is 0 Å². The lowest BCUT2D eigenvalue weighted by atomic mass is 10.3. The lowest BCUT2D eigenvalue weighted by Crippen LogP contribution is -2.38. The first-order chi connectivity index (χ1) is 5.61.